The summed E-state index contributed by atoms with van der Waals surface area (Å²) in [5, 5.41) is 11.5. The summed E-state index contributed by atoms with van der Waals surface area (Å²) in [6.45, 7) is 3.64. The van der Waals surface area contributed by atoms with E-state index in [1.807, 2.05) is 49.4 Å². The van der Waals surface area contributed by atoms with E-state index in [9.17, 15) is 0 Å². The first-order valence-corrected chi connectivity index (χ1v) is 8.71. The van der Waals surface area contributed by atoms with E-state index in [4.69, 9.17) is 4.74 Å². The zero-order chi connectivity index (χ0) is 18.8. The summed E-state index contributed by atoms with van der Waals surface area (Å²) >= 11 is 0. The van der Waals surface area contributed by atoms with E-state index in [2.05, 4.69) is 36.3 Å². The molecule has 0 unspecified atom stereocenters. The molecular formula is C18H22N8O. The van der Waals surface area contributed by atoms with Crippen LogP contribution in [0, 0.1) is 6.92 Å². The third kappa shape index (κ3) is 3.43. The van der Waals surface area contributed by atoms with Gasteiger partial charge in [0, 0.05) is 37.2 Å². The number of benzene rings is 1. The molecule has 140 valence electrons. The average Bonchev–Trinajstić information content (AvgIpc) is 3.11. The molecule has 0 aliphatic carbocycles. The van der Waals surface area contributed by atoms with Crippen LogP contribution >= 0.6 is 0 Å². The van der Waals surface area contributed by atoms with Gasteiger partial charge in [-0.15, -0.1) is 0 Å². The molecule has 4 N–H and O–H groups in total. The molecule has 0 atom stereocenters. The summed E-state index contributed by atoms with van der Waals surface area (Å²) in [6, 6.07) is 7.69. The van der Waals surface area contributed by atoms with E-state index in [0.717, 1.165) is 53.3 Å². The highest BCUT2D eigenvalue weighted by Crippen LogP contribution is 2.27. The predicted octanol–water partition coefficient (Wildman–Crippen LogP) is 1.55. The van der Waals surface area contributed by atoms with Crippen molar-refractivity contribution in [2.24, 2.45) is 4.99 Å². The van der Waals surface area contributed by atoms with Crippen molar-refractivity contribution >= 4 is 23.3 Å². The number of fused-ring (bicyclic) bond motifs is 1. The number of hydrazine groups is 1. The fraction of sp³-hybridized carbons (Fsp3) is 0.278. The lowest BCUT2D eigenvalue weighted by molar-refractivity contribution is 0.305. The number of rotatable bonds is 5. The molecule has 2 aliphatic rings. The van der Waals surface area contributed by atoms with E-state index in [1.165, 1.54) is 0 Å². The van der Waals surface area contributed by atoms with Gasteiger partial charge in [0.2, 0.25) is 5.95 Å². The zero-order valence-corrected chi connectivity index (χ0v) is 15.5. The maximum atomic E-state index is 5.53. The van der Waals surface area contributed by atoms with Gasteiger partial charge in [-0.3, -0.25) is 10.4 Å². The molecule has 1 aromatic carbocycles. The van der Waals surface area contributed by atoms with Crippen LogP contribution in [0.2, 0.25) is 0 Å². The highest BCUT2D eigenvalue weighted by molar-refractivity contribution is 6.03. The van der Waals surface area contributed by atoms with E-state index in [-0.39, 0.29) is 0 Å². The van der Waals surface area contributed by atoms with Crippen molar-refractivity contribution in [3.63, 3.8) is 0 Å². The number of aromatic nitrogens is 2. The van der Waals surface area contributed by atoms with Crippen molar-refractivity contribution in [3.05, 3.63) is 47.5 Å². The van der Waals surface area contributed by atoms with Crippen molar-refractivity contribution in [1.29, 1.82) is 0 Å². The Kier molecular flexibility index (Phi) is 4.41. The predicted molar refractivity (Wildman–Crippen MR) is 105 cm³/mol. The van der Waals surface area contributed by atoms with E-state index in [0.29, 0.717) is 5.95 Å². The number of nitrogens with zero attached hydrogens (tertiary/aromatic N) is 4. The van der Waals surface area contributed by atoms with Crippen molar-refractivity contribution in [2.45, 2.75) is 6.92 Å². The Balaban J connectivity index is 1.65. The Morgan fingerprint density at radius 3 is 2.89 bits per heavy atom. The molecule has 0 saturated heterocycles. The highest BCUT2D eigenvalue weighted by atomic mass is 16.5. The molecule has 0 saturated carbocycles. The highest BCUT2D eigenvalue weighted by Gasteiger charge is 2.24. The first-order chi connectivity index (χ1) is 13.2. The number of anilines is 3. The lowest BCUT2D eigenvalue weighted by Crippen LogP contribution is -2.42. The van der Waals surface area contributed by atoms with Crippen molar-refractivity contribution in [1.82, 2.24) is 25.7 Å². The maximum Gasteiger partial charge on any atom is 0.229 e. The maximum absolute atomic E-state index is 5.53. The summed E-state index contributed by atoms with van der Waals surface area (Å²) in [5.74, 6) is 3.63. The molecular weight excluding hydrogens is 344 g/mol. The Hall–Kier alpha value is -3.49. The number of nitrogens with one attached hydrogen (secondary N) is 4. The fourth-order valence-corrected chi connectivity index (χ4v) is 2.98. The summed E-state index contributed by atoms with van der Waals surface area (Å²) in [7, 11) is 3.48. The van der Waals surface area contributed by atoms with Gasteiger partial charge in [-0.1, -0.05) is 0 Å². The Labute approximate surface area is 157 Å². The number of methoxy groups -OCH3 is 1. The number of hydrogen-bond donors (Lipinski definition) is 4. The third-order valence-corrected chi connectivity index (χ3v) is 4.28. The molecule has 2 aliphatic heterocycles. The van der Waals surface area contributed by atoms with E-state index in [1.54, 1.807) is 7.11 Å². The average molecular weight is 366 g/mol. The number of aliphatic imine (C=N–C) groups is 1. The van der Waals surface area contributed by atoms with Crippen molar-refractivity contribution in [3.8, 4) is 5.75 Å². The Morgan fingerprint density at radius 2 is 2.11 bits per heavy atom. The largest absolute Gasteiger partial charge is 0.496 e. The lowest BCUT2D eigenvalue weighted by atomic mass is 10.1. The molecule has 0 fully saturated rings. The minimum atomic E-state index is 0.529. The second kappa shape index (κ2) is 7.02. The summed E-state index contributed by atoms with van der Waals surface area (Å²) < 4.78 is 5.53. The standard InChI is InChI=1S/C18H22N8O/c1-11-8-15(19-2)23-18(21-11)22-12-4-5-14(27-3)13(9-12)17-24-16-10-20-6-7-26(16)25-17/h4-5,8-10,20H,6-7H2,1-3H3,(H,24,25)(H2,19,21,22,23). The zero-order valence-electron chi connectivity index (χ0n) is 15.5. The Bertz CT molecular complexity index is 924. The van der Waals surface area contributed by atoms with Gasteiger partial charge >= 0.3 is 0 Å². The molecule has 3 heterocycles. The molecule has 9 nitrogen and oxygen atoms in total. The smallest absolute Gasteiger partial charge is 0.229 e. The fourth-order valence-electron chi connectivity index (χ4n) is 2.98. The van der Waals surface area contributed by atoms with Crippen LogP contribution in [-0.2, 0) is 0 Å². The van der Waals surface area contributed by atoms with E-state index < -0.39 is 0 Å². The van der Waals surface area contributed by atoms with Crippen LogP contribution in [0.25, 0.3) is 0 Å². The second-order valence-electron chi connectivity index (χ2n) is 6.19. The molecule has 2 aromatic rings. The minimum Gasteiger partial charge on any atom is -0.496 e. The number of amidine groups is 1. The Morgan fingerprint density at radius 1 is 1.22 bits per heavy atom. The van der Waals surface area contributed by atoms with E-state index >= 15 is 0 Å². The topological polar surface area (TPSA) is 98.7 Å². The van der Waals surface area contributed by atoms with Gasteiger partial charge in [-0.2, -0.15) is 4.98 Å². The SMILES string of the molecule is CNc1cc(C)nc(Nc2ccc(OC)c(C3=NC4=CNCCN4N3)c2)n1. The third-order valence-electron chi connectivity index (χ3n) is 4.28. The molecule has 27 heavy (non-hydrogen) atoms. The van der Waals surface area contributed by atoms with Crippen molar-refractivity contribution in [2.75, 3.05) is 37.9 Å². The molecule has 0 spiro atoms. The van der Waals surface area contributed by atoms with Crippen LogP contribution in [-0.4, -0.2) is 48.1 Å². The van der Waals surface area contributed by atoms with Gasteiger partial charge < -0.3 is 20.7 Å². The summed E-state index contributed by atoms with van der Waals surface area (Å²) in [4.78, 5) is 13.5. The van der Waals surface area contributed by atoms with Crippen LogP contribution in [0.15, 0.2) is 41.3 Å². The van der Waals surface area contributed by atoms with Gasteiger partial charge in [-0.25, -0.2) is 9.98 Å². The number of hydrogen-bond acceptors (Lipinski definition) is 9. The minimum absolute atomic E-state index is 0.529. The van der Waals surface area contributed by atoms with Gasteiger partial charge in [0.05, 0.1) is 19.2 Å². The van der Waals surface area contributed by atoms with Gasteiger partial charge in [-0.05, 0) is 25.1 Å². The van der Waals surface area contributed by atoms with Gasteiger partial charge in [0.25, 0.3) is 0 Å². The van der Waals surface area contributed by atoms with Crippen molar-refractivity contribution < 1.29 is 4.74 Å². The summed E-state index contributed by atoms with van der Waals surface area (Å²) in [6.07, 6.45) is 1.90. The van der Waals surface area contributed by atoms with Gasteiger partial charge in [0.1, 0.15) is 11.6 Å². The van der Waals surface area contributed by atoms with Crippen LogP contribution in [0.1, 0.15) is 11.3 Å². The molecule has 9 heteroatoms. The van der Waals surface area contributed by atoms with Crippen LogP contribution in [0.5, 0.6) is 5.75 Å². The molecule has 0 radical (unpaired) electrons. The second-order valence-corrected chi connectivity index (χ2v) is 6.19. The first kappa shape index (κ1) is 17.0. The first-order valence-electron chi connectivity index (χ1n) is 8.71. The monoisotopic (exact) mass is 366 g/mol. The molecule has 4 rings (SSSR count). The number of ether oxygens (including phenoxy) is 1. The molecule has 1 aromatic heterocycles. The van der Waals surface area contributed by atoms with Crippen LogP contribution in [0.4, 0.5) is 17.5 Å². The molecule has 0 bridgehead atoms. The lowest BCUT2D eigenvalue weighted by Gasteiger charge is -2.23. The van der Waals surface area contributed by atoms with Gasteiger partial charge in [0.15, 0.2) is 11.7 Å². The number of aryl methyl sites for hydroxylation is 1. The molecule has 0 amide bonds. The quantitative estimate of drug-likeness (QED) is 0.633. The van der Waals surface area contributed by atoms with Crippen LogP contribution < -0.4 is 26.1 Å². The normalized spacial score (nSPS) is 15.1. The van der Waals surface area contributed by atoms with Crippen LogP contribution in [0.3, 0.4) is 0 Å². The summed E-state index contributed by atoms with van der Waals surface area (Å²) in [5.41, 5.74) is 5.91.